The van der Waals surface area contributed by atoms with E-state index < -0.39 is 5.60 Å². The molecular formula is C12H18BrNO3S. The SMILES string of the molecule is CC(O)(CO)CNC(=O)CCCc1ccc(Br)s1. The van der Waals surface area contributed by atoms with E-state index in [-0.39, 0.29) is 19.1 Å². The van der Waals surface area contributed by atoms with E-state index in [9.17, 15) is 9.90 Å². The Labute approximate surface area is 119 Å². The number of hydrogen-bond acceptors (Lipinski definition) is 4. The molecule has 1 unspecified atom stereocenters. The summed E-state index contributed by atoms with van der Waals surface area (Å²) >= 11 is 5.07. The maximum absolute atomic E-state index is 11.5. The van der Waals surface area contributed by atoms with Gasteiger partial charge < -0.3 is 15.5 Å². The smallest absolute Gasteiger partial charge is 0.220 e. The minimum absolute atomic E-state index is 0.0763. The molecular weight excluding hydrogens is 318 g/mol. The van der Waals surface area contributed by atoms with Crippen molar-refractivity contribution in [3.63, 3.8) is 0 Å². The van der Waals surface area contributed by atoms with Gasteiger partial charge in [0.15, 0.2) is 0 Å². The molecule has 0 saturated carbocycles. The van der Waals surface area contributed by atoms with Crippen molar-refractivity contribution in [3.8, 4) is 0 Å². The molecule has 102 valence electrons. The van der Waals surface area contributed by atoms with E-state index in [2.05, 4.69) is 21.2 Å². The highest BCUT2D eigenvalue weighted by Crippen LogP contribution is 2.23. The summed E-state index contributed by atoms with van der Waals surface area (Å²) in [5.41, 5.74) is -1.24. The minimum Gasteiger partial charge on any atom is -0.393 e. The van der Waals surface area contributed by atoms with Crippen LogP contribution in [0, 0.1) is 0 Å². The first-order valence-electron chi connectivity index (χ1n) is 5.77. The second-order valence-electron chi connectivity index (χ2n) is 4.49. The Balaban J connectivity index is 2.18. The number of hydrogen-bond donors (Lipinski definition) is 3. The third kappa shape index (κ3) is 5.95. The molecule has 0 aromatic carbocycles. The molecule has 1 amide bonds. The van der Waals surface area contributed by atoms with Crippen molar-refractivity contribution in [1.29, 1.82) is 0 Å². The molecule has 3 N–H and O–H groups in total. The van der Waals surface area contributed by atoms with E-state index in [1.807, 2.05) is 12.1 Å². The first kappa shape index (κ1) is 15.6. The fourth-order valence-electron chi connectivity index (χ4n) is 1.34. The number of carbonyl (C=O) groups excluding carboxylic acids is 1. The summed E-state index contributed by atoms with van der Waals surface area (Å²) in [5.74, 6) is -0.0978. The summed E-state index contributed by atoms with van der Waals surface area (Å²) in [6, 6.07) is 4.04. The van der Waals surface area contributed by atoms with Crippen molar-refractivity contribution >= 4 is 33.2 Å². The lowest BCUT2D eigenvalue weighted by molar-refractivity contribution is -0.122. The molecule has 0 saturated heterocycles. The third-order valence-corrected chi connectivity index (χ3v) is 4.15. The van der Waals surface area contributed by atoms with Gasteiger partial charge in [0.1, 0.15) is 5.60 Å². The van der Waals surface area contributed by atoms with Crippen LogP contribution in [-0.2, 0) is 11.2 Å². The molecule has 0 aliphatic carbocycles. The van der Waals surface area contributed by atoms with Crippen LogP contribution < -0.4 is 5.32 Å². The normalized spacial score (nSPS) is 14.2. The molecule has 6 heteroatoms. The molecule has 0 radical (unpaired) electrons. The summed E-state index contributed by atoms with van der Waals surface area (Å²) in [6.45, 7) is 1.19. The molecule has 1 atom stereocenters. The van der Waals surface area contributed by atoms with E-state index in [1.54, 1.807) is 11.3 Å². The number of halogens is 1. The standard InChI is InChI=1S/C12H18BrNO3S/c1-12(17,8-15)7-14-11(16)4-2-3-9-5-6-10(13)18-9/h5-6,15,17H,2-4,7-8H2,1H3,(H,14,16). The van der Waals surface area contributed by atoms with E-state index in [1.165, 1.54) is 11.8 Å². The quantitative estimate of drug-likeness (QED) is 0.710. The second kappa shape index (κ2) is 7.23. The highest BCUT2D eigenvalue weighted by molar-refractivity contribution is 9.11. The van der Waals surface area contributed by atoms with Gasteiger partial charge in [-0.05, 0) is 47.8 Å². The minimum atomic E-state index is -1.24. The number of aliphatic hydroxyl groups excluding tert-OH is 1. The summed E-state index contributed by atoms with van der Waals surface area (Å²) in [4.78, 5) is 12.7. The molecule has 1 aromatic heterocycles. The van der Waals surface area contributed by atoms with E-state index in [0.29, 0.717) is 6.42 Å². The molecule has 0 bridgehead atoms. The van der Waals surface area contributed by atoms with E-state index in [0.717, 1.165) is 16.6 Å². The molecule has 0 aliphatic rings. The van der Waals surface area contributed by atoms with Gasteiger partial charge in [-0.3, -0.25) is 4.79 Å². The van der Waals surface area contributed by atoms with Gasteiger partial charge in [0, 0.05) is 17.8 Å². The van der Waals surface area contributed by atoms with Crippen LogP contribution in [0.25, 0.3) is 0 Å². The lowest BCUT2D eigenvalue weighted by Crippen LogP contribution is -2.43. The zero-order valence-corrected chi connectivity index (χ0v) is 12.7. The molecule has 1 rings (SSSR count). The van der Waals surface area contributed by atoms with Crippen molar-refractivity contribution in [2.24, 2.45) is 0 Å². The van der Waals surface area contributed by atoms with Crippen molar-refractivity contribution in [1.82, 2.24) is 5.32 Å². The first-order chi connectivity index (χ1) is 8.43. The number of aryl methyl sites for hydroxylation is 1. The fourth-order valence-corrected chi connectivity index (χ4v) is 2.87. The Morgan fingerprint density at radius 3 is 2.83 bits per heavy atom. The van der Waals surface area contributed by atoms with Crippen LogP contribution in [0.5, 0.6) is 0 Å². The van der Waals surface area contributed by atoms with Gasteiger partial charge in [0.25, 0.3) is 0 Å². The summed E-state index contributed by atoms with van der Waals surface area (Å²) in [5, 5.41) is 21.0. The zero-order chi connectivity index (χ0) is 13.6. The highest BCUT2D eigenvalue weighted by atomic mass is 79.9. The summed E-state index contributed by atoms with van der Waals surface area (Å²) < 4.78 is 1.10. The zero-order valence-electron chi connectivity index (χ0n) is 10.3. The lowest BCUT2D eigenvalue weighted by atomic mass is 10.1. The third-order valence-electron chi connectivity index (χ3n) is 2.46. The van der Waals surface area contributed by atoms with Crippen LogP contribution in [0.1, 0.15) is 24.6 Å². The number of nitrogens with one attached hydrogen (secondary N) is 1. The molecule has 1 heterocycles. The maximum atomic E-state index is 11.5. The van der Waals surface area contributed by atoms with Gasteiger partial charge in [-0.1, -0.05) is 0 Å². The number of aliphatic hydroxyl groups is 2. The maximum Gasteiger partial charge on any atom is 0.220 e. The largest absolute Gasteiger partial charge is 0.393 e. The number of amides is 1. The van der Waals surface area contributed by atoms with Crippen LogP contribution in [0.4, 0.5) is 0 Å². The van der Waals surface area contributed by atoms with Crippen LogP contribution in [0.15, 0.2) is 15.9 Å². The number of thiophene rings is 1. The molecule has 0 fully saturated rings. The van der Waals surface area contributed by atoms with Crippen molar-refractivity contribution < 1.29 is 15.0 Å². The van der Waals surface area contributed by atoms with E-state index >= 15 is 0 Å². The van der Waals surface area contributed by atoms with E-state index in [4.69, 9.17) is 5.11 Å². The van der Waals surface area contributed by atoms with Crippen molar-refractivity contribution in [2.75, 3.05) is 13.2 Å². The molecule has 0 spiro atoms. The highest BCUT2D eigenvalue weighted by Gasteiger charge is 2.19. The fraction of sp³-hybridized carbons (Fsp3) is 0.583. The number of rotatable bonds is 7. The molecule has 4 nitrogen and oxygen atoms in total. The van der Waals surface area contributed by atoms with Gasteiger partial charge in [-0.2, -0.15) is 0 Å². The van der Waals surface area contributed by atoms with Crippen molar-refractivity contribution in [2.45, 2.75) is 31.8 Å². The molecule has 0 aliphatic heterocycles. The monoisotopic (exact) mass is 335 g/mol. The van der Waals surface area contributed by atoms with Crippen LogP contribution in [0.3, 0.4) is 0 Å². The lowest BCUT2D eigenvalue weighted by Gasteiger charge is -2.20. The predicted molar refractivity (Wildman–Crippen MR) is 75.7 cm³/mol. The second-order valence-corrected chi connectivity index (χ2v) is 7.04. The molecule has 1 aromatic rings. The van der Waals surface area contributed by atoms with Crippen LogP contribution >= 0.6 is 27.3 Å². The Hall–Kier alpha value is -0.430. The average molecular weight is 336 g/mol. The van der Waals surface area contributed by atoms with Gasteiger partial charge >= 0.3 is 0 Å². The van der Waals surface area contributed by atoms with Crippen molar-refractivity contribution in [3.05, 3.63) is 20.8 Å². The van der Waals surface area contributed by atoms with Gasteiger partial charge in [-0.25, -0.2) is 0 Å². The van der Waals surface area contributed by atoms with Crippen LogP contribution in [0.2, 0.25) is 0 Å². The topological polar surface area (TPSA) is 69.6 Å². The number of carbonyl (C=O) groups is 1. The van der Waals surface area contributed by atoms with Gasteiger partial charge in [0.2, 0.25) is 5.91 Å². The predicted octanol–water partition coefficient (Wildman–Crippen LogP) is 1.69. The Kier molecular flexibility index (Phi) is 6.28. The summed E-state index contributed by atoms with van der Waals surface area (Å²) in [6.07, 6.45) is 2.08. The Morgan fingerprint density at radius 2 is 2.28 bits per heavy atom. The average Bonchev–Trinajstić information content (AvgIpc) is 2.73. The van der Waals surface area contributed by atoms with Crippen LogP contribution in [-0.4, -0.2) is 34.9 Å². The van der Waals surface area contributed by atoms with Gasteiger partial charge in [0.05, 0.1) is 10.4 Å². The Bertz CT molecular complexity index is 392. The first-order valence-corrected chi connectivity index (χ1v) is 7.38. The Morgan fingerprint density at radius 1 is 1.56 bits per heavy atom. The molecule has 18 heavy (non-hydrogen) atoms. The van der Waals surface area contributed by atoms with Gasteiger partial charge in [-0.15, -0.1) is 11.3 Å². The summed E-state index contributed by atoms with van der Waals surface area (Å²) in [7, 11) is 0.